The first-order valence-corrected chi connectivity index (χ1v) is 8.87. The summed E-state index contributed by atoms with van der Waals surface area (Å²) in [6.45, 7) is 2.21. The maximum absolute atomic E-state index is 5.75. The Hall–Kier alpha value is -2.74. The summed E-state index contributed by atoms with van der Waals surface area (Å²) >= 11 is 0. The average Bonchev–Trinajstić information content (AvgIpc) is 2.62. The second kappa shape index (κ2) is 7.89. The van der Waals surface area contributed by atoms with Crippen molar-refractivity contribution in [1.82, 2.24) is 0 Å². The number of benzene rings is 3. The highest BCUT2D eigenvalue weighted by Crippen LogP contribution is 2.17. The van der Waals surface area contributed by atoms with Crippen LogP contribution >= 0.6 is 0 Å². The molecule has 4 N–H and O–H groups in total. The molecule has 0 saturated heterocycles. The van der Waals surface area contributed by atoms with Gasteiger partial charge in [-0.2, -0.15) is 0 Å². The molecule has 0 spiro atoms. The number of anilines is 2. The van der Waals surface area contributed by atoms with Gasteiger partial charge in [0.05, 0.1) is 0 Å². The lowest BCUT2D eigenvalue weighted by Gasteiger charge is -2.09. The van der Waals surface area contributed by atoms with Crippen LogP contribution in [0.15, 0.2) is 66.7 Å². The van der Waals surface area contributed by atoms with Crippen LogP contribution in [-0.2, 0) is 25.7 Å². The summed E-state index contributed by atoms with van der Waals surface area (Å²) in [5, 5.41) is 0. The molecule has 0 aliphatic carbocycles. The third kappa shape index (κ3) is 4.87. The summed E-state index contributed by atoms with van der Waals surface area (Å²) in [7, 11) is 0. The van der Waals surface area contributed by atoms with Gasteiger partial charge < -0.3 is 11.5 Å². The smallest absolute Gasteiger partial charge is 0.0314 e. The van der Waals surface area contributed by atoms with E-state index in [0.717, 1.165) is 37.1 Å². The van der Waals surface area contributed by atoms with Gasteiger partial charge in [0.1, 0.15) is 0 Å². The van der Waals surface area contributed by atoms with E-state index in [1.165, 1.54) is 27.8 Å². The van der Waals surface area contributed by atoms with Gasteiger partial charge in [0.15, 0.2) is 0 Å². The molecule has 0 saturated carbocycles. The molecule has 0 amide bonds. The summed E-state index contributed by atoms with van der Waals surface area (Å²) in [4.78, 5) is 0. The molecule has 0 bridgehead atoms. The van der Waals surface area contributed by atoms with E-state index in [9.17, 15) is 0 Å². The van der Waals surface area contributed by atoms with Crippen molar-refractivity contribution in [2.45, 2.75) is 32.6 Å². The number of rotatable bonds is 6. The fraction of sp³-hybridized carbons (Fsp3) is 0.217. The van der Waals surface area contributed by atoms with Crippen LogP contribution in [0.1, 0.15) is 27.8 Å². The maximum Gasteiger partial charge on any atom is 0.0314 e. The highest BCUT2D eigenvalue weighted by atomic mass is 14.5. The first-order chi connectivity index (χ1) is 12.1. The van der Waals surface area contributed by atoms with E-state index in [0.29, 0.717) is 0 Å². The highest BCUT2D eigenvalue weighted by Gasteiger charge is 2.03. The van der Waals surface area contributed by atoms with Gasteiger partial charge in [0, 0.05) is 11.4 Å². The Balaban J connectivity index is 1.58. The van der Waals surface area contributed by atoms with E-state index in [1.54, 1.807) is 0 Å². The van der Waals surface area contributed by atoms with Crippen molar-refractivity contribution in [3.8, 4) is 0 Å². The van der Waals surface area contributed by atoms with Crippen LogP contribution in [0.4, 0.5) is 11.4 Å². The van der Waals surface area contributed by atoms with Gasteiger partial charge >= 0.3 is 0 Å². The third-order valence-electron chi connectivity index (χ3n) is 4.75. The number of hydrogen-bond acceptors (Lipinski definition) is 2. The van der Waals surface area contributed by atoms with Crippen molar-refractivity contribution < 1.29 is 0 Å². The lowest BCUT2D eigenvalue weighted by molar-refractivity contribution is 0.929. The van der Waals surface area contributed by atoms with Crippen molar-refractivity contribution in [3.05, 3.63) is 94.5 Å². The van der Waals surface area contributed by atoms with E-state index in [4.69, 9.17) is 11.5 Å². The monoisotopic (exact) mass is 330 g/mol. The minimum atomic E-state index is 0.824. The molecule has 0 aliphatic heterocycles. The molecule has 3 rings (SSSR count). The molecule has 0 fully saturated rings. The van der Waals surface area contributed by atoms with Crippen molar-refractivity contribution in [2.75, 3.05) is 11.5 Å². The van der Waals surface area contributed by atoms with E-state index < -0.39 is 0 Å². The highest BCUT2D eigenvalue weighted by molar-refractivity contribution is 5.41. The number of nitrogen functional groups attached to an aromatic ring is 2. The fourth-order valence-corrected chi connectivity index (χ4v) is 3.13. The molecule has 0 aromatic heterocycles. The van der Waals surface area contributed by atoms with Crippen LogP contribution in [0.2, 0.25) is 0 Å². The summed E-state index contributed by atoms with van der Waals surface area (Å²) in [6, 6.07) is 23.2. The zero-order valence-electron chi connectivity index (χ0n) is 14.8. The minimum absolute atomic E-state index is 0.824. The molecule has 25 heavy (non-hydrogen) atoms. The van der Waals surface area contributed by atoms with Crippen molar-refractivity contribution >= 4 is 11.4 Å². The molecular weight excluding hydrogens is 304 g/mol. The van der Waals surface area contributed by atoms with Crippen molar-refractivity contribution in [2.24, 2.45) is 0 Å². The lowest BCUT2D eigenvalue weighted by atomic mass is 9.96. The Labute approximate surface area is 150 Å². The Kier molecular flexibility index (Phi) is 5.39. The molecule has 0 heterocycles. The topological polar surface area (TPSA) is 52.0 Å². The molecule has 0 atom stereocenters. The van der Waals surface area contributed by atoms with Gasteiger partial charge in [-0.15, -0.1) is 0 Å². The van der Waals surface area contributed by atoms with Crippen molar-refractivity contribution in [3.63, 3.8) is 0 Å². The SMILES string of the molecule is Cc1cc(CCc2ccc(N)cc2)ccc1CCc1ccc(N)cc1. The lowest BCUT2D eigenvalue weighted by Crippen LogP contribution is -1.98. The van der Waals surface area contributed by atoms with Gasteiger partial charge in [-0.1, -0.05) is 42.5 Å². The summed E-state index contributed by atoms with van der Waals surface area (Å²) in [5.41, 5.74) is 20.0. The van der Waals surface area contributed by atoms with Crippen LogP contribution in [-0.4, -0.2) is 0 Å². The molecule has 0 aliphatic rings. The second-order valence-corrected chi connectivity index (χ2v) is 6.74. The van der Waals surface area contributed by atoms with Gasteiger partial charge in [0.25, 0.3) is 0 Å². The van der Waals surface area contributed by atoms with Crippen LogP contribution in [0.3, 0.4) is 0 Å². The maximum atomic E-state index is 5.75. The van der Waals surface area contributed by atoms with E-state index in [1.807, 2.05) is 24.3 Å². The van der Waals surface area contributed by atoms with Crippen LogP contribution in [0.25, 0.3) is 0 Å². The molecule has 2 nitrogen and oxygen atoms in total. The average molecular weight is 330 g/mol. The predicted molar refractivity (Wildman–Crippen MR) is 108 cm³/mol. The molecule has 2 heteroatoms. The standard InChI is InChI=1S/C23H26N2/c1-17-16-20(3-2-18-6-12-22(24)13-7-18)5-11-21(17)10-4-19-8-14-23(25)15-9-19/h5-9,11-16H,2-4,10,24-25H2,1H3. The first kappa shape index (κ1) is 17.1. The van der Waals surface area contributed by atoms with E-state index in [-0.39, 0.29) is 0 Å². The van der Waals surface area contributed by atoms with Gasteiger partial charge in [0.2, 0.25) is 0 Å². The van der Waals surface area contributed by atoms with Crippen molar-refractivity contribution in [1.29, 1.82) is 0 Å². The van der Waals surface area contributed by atoms with Gasteiger partial charge in [-0.3, -0.25) is 0 Å². The molecule has 3 aromatic rings. The van der Waals surface area contributed by atoms with Gasteiger partial charge in [-0.05, 0) is 84.7 Å². The van der Waals surface area contributed by atoms with Crippen LogP contribution < -0.4 is 11.5 Å². The number of aryl methyl sites for hydroxylation is 5. The number of hydrogen-bond donors (Lipinski definition) is 2. The second-order valence-electron chi connectivity index (χ2n) is 6.74. The summed E-state index contributed by atoms with van der Waals surface area (Å²) < 4.78 is 0. The molecule has 0 unspecified atom stereocenters. The van der Waals surface area contributed by atoms with Gasteiger partial charge in [-0.25, -0.2) is 0 Å². The normalized spacial score (nSPS) is 10.8. The largest absolute Gasteiger partial charge is 0.399 e. The third-order valence-corrected chi connectivity index (χ3v) is 4.75. The molecule has 3 aromatic carbocycles. The molecular formula is C23H26N2. The molecule has 0 radical (unpaired) electrons. The van der Waals surface area contributed by atoms with E-state index in [2.05, 4.69) is 49.4 Å². The van der Waals surface area contributed by atoms with Crippen LogP contribution in [0.5, 0.6) is 0 Å². The predicted octanol–water partition coefficient (Wildman–Crippen LogP) is 4.73. The van der Waals surface area contributed by atoms with Crippen LogP contribution in [0, 0.1) is 6.92 Å². The molecule has 128 valence electrons. The Morgan fingerprint density at radius 2 is 1.00 bits per heavy atom. The fourth-order valence-electron chi connectivity index (χ4n) is 3.13. The Bertz CT molecular complexity index is 818. The Morgan fingerprint density at radius 3 is 1.52 bits per heavy atom. The Morgan fingerprint density at radius 1 is 0.560 bits per heavy atom. The summed E-state index contributed by atoms with van der Waals surface area (Å²) in [6.07, 6.45) is 4.22. The van der Waals surface area contributed by atoms with E-state index >= 15 is 0 Å². The zero-order valence-corrected chi connectivity index (χ0v) is 14.8. The zero-order chi connectivity index (χ0) is 17.6. The number of nitrogens with two attached hydrogens (primary N) is 2. The summed E-state index contributed by atoms with van der Waals surface area (Å²) in [5.74, 6) is 0. The quantitative estimate of drug-likeness (QED) is 0.642. The minimum Gasteiger partial charge on any atom is -0.399 e. The first-order valence-electron chi connectivity index (χ1n) is 8.87.